The number of carbonyl (C=O) groups is 1. The number of amides is 1. The quantitative estimate of drug-likeness (QED) is 0.756. The van der Waals surface area contributed by atoms with Gasteiger partial charge in [-0.3, -0.25) is 4.79 Å². The van der Waals surface area contributed by atoms with Crippen LogP contribution in [0.15, 0.2) is 42.6 Å². The largest absolute Gasteiger partial charge is 0.342 e. The number of aryl methyl sites for hydroxylation is 1. The van der Waals surface area contributed by atoms with E-state index in [-0.39, 0.29) is 5.91 Å². The van der Waals surface area contributed by atoms with Crippen LogP contribution in [0.2, 0.25) is 0 Å². The Labute approximate surface area is 145 Å². The number of aromatic nitrogens is 1. The molecule has 0 saturated carbocycles. The van der Waals surface area contributed by atoms with Gasteiger partial charge in [-0.1, -0.05) is 25.5 Å². The standard InChI is InChI=1S/C20H27N3O/c1-5-7-13-22(4)20(24)17-11-12-19(21-15-17)23(6-2)18-10-8-9-16(3)14-18/h8-12,14-15H,5-7,13H2,1-4H3. The predicted molar refractivity (Wildman–Crippen MR) is 100.0 cm³/mol. The van der Waals surface area contributed by atoms with E-state index in [1.807, 2.05) is 25.2 Å². The number of hydrogen-bond donors (Lipinski definition) is 0. The molecule has 0 aliphatic heterocycles. The Morgan fingerprint density at radius 1 is 1.17 bits per heavy atom. The third-order valence-electron chi connectivity index (χ3n) is 4.09. The van der Waals surface area contributed by atoms with Crippen molar-refractivity contribution in [3.63, 3.8) is 0 Å². The number of pyridine rings is 1. The fourth-order valence-electron chi connectivity index (χ4n) is 2.66. The molecule has 0 N–H and O–H groups in total. The Bertz CT molecular complexity index is 667. The second kappa shape index (κ2) is 8.48. The lowest BCUT2D eigenvalue weighted by Crippen LogP contribution is -2.28. The summed E-state index contributed by atoms with van der Waals surface area (Å²) in [5.41, 5.74) is 2.97. The summed E-state index contributed by atoms with van der Waals surface area (Å²) in [6.45, 7) is 7.90. The van der Waals surface area contributed by atoms with Crippen LogP contribution in [0.25, 0.3) is 0 Å². The van der Waals surface area contributed by atoms with Crippen molar-refractivity contribution in [1.82, 2.24) is 9.88 Å². The molecular weight excluding hydrogens is 298 g/mol. The number of hydrogen-bond acceptors (Lipinski definition) is 3. The van der Waals surface area contributed by atoms with Crippen molar-refractivity contribution in [2.75, 3.05) is 25.0 Å². The second-order valence-corrected chi connectivity index (χ2v) is 6.07. The van der Waals surface area contributed by atoms with Gasteiger partial charge < -0.3 is 9.80 Å². The SMILES string of the molecule is CCCCN(C)C(=O)c1ccc(N(CC)c2cccc(C)c2)nc1. The Morgan fingerprint density at radius 3 is 2.54 bits per heavy atom. The first-order chi connectivity index (χ1) is 11.6. The summed E-state index contributed by atoms with van der Waals surface area (Å²) in [7, 11) is 1.84. The second-order valence-electron chi connectivity index (χ2n) is 6.07. The Kier molecular flexibility index (Phi) is 6.36. The number of rotatable bonds is 7. The number of carbonyl (C=O) groups excluding carboxylic acids is 1. The highest BCUT2D eigenvalue weighted by Gasteiger charge is 2.13. The van der Waals surface area contributed by atoms with Crippen LogP contribution in [0.1, 0.15) is 42.6 Å². The fourth-order valence-corrected chi connectivity index (χ4v) is 2.66. The molecule has 0 unspecified atom stereocenters. The van der Waals surface area contributed by atoms with Crippen molar-refractivity contribution in [3.05, 3.63) is 53.7 Å². The van der Waals surface area contributed by atoms with Crippen LogP contribution in [0.4, 0.5) is 11.5 Å². The Balaban J connectivity index is 2.17. The van der Waals surface area contributed by atoms with Gasteiger partial charge in [0, 0.05) is 32.0 Å². The third kappa shape index (κ3) is 4.34. The molecule has 0 aliphatic carbocycles. The van der Waals surface area contributed by atoms with Crippen molar-refractivity contribution in [2.24, 2.45) is 0 Å². The average Bonchev–Trinajstić information content (AvgIpc) is 2.60. The maximum atomic E-state index is 12.4. The summed E-state index contributed by atoms with van der Waals surface area (Å²) in [6, 6.07) is 12.1. The summed E-state index contributed by atoms with van der Waals surface area (Å²) in [5.74, 6) is 0.886. The van der Waals surface area contributed by atoms with Crippen LogP contribution in [-0.2, 0) is 0 Å². The molecule has 0 atom stereocenters. The monoisotopic (exact) mass is 325 g/mol. The van der Waals surface area contributed by atoms with Gasteiger partial charge in [-0.2, -0.15) is 0 Å². The van der Waals surface area contributed by atoms with Gasteiger partial charge >= 0.3 is 0 Å². The van der Waals surface area contributed by atoms with E-state index >= 15 is 0 Å². The molecule has 128 valence electrons. The molecule has 2 aromatic rings. The Hall–Kier alpha value is -2.36. The van der Waals surface area contributed by atoms with Gasteiger partial charge in [0.05, 0.1) is 5.56 Å². The van der Waals surface area contributed by atoms with E-state index in [9.17, 15) is 4.79 Å². The Morgan fingerprint density at radius 2 is 1.96 bits per heavy atom. The lowest BCUT2D eigenvalue weighted by Gasteiger charge is -2.23. The molecule has 0 fully saturated rings. The van der Waals surface area contributed by atoms with Gasteiger partial charge in [0.25, 0.3) is 5.91 Å². The van der Waals surface area contributed by atoms with Crippen LogP contribution in [-0.4, -0.2) is 35.9 Å². The summed E-state index contributed by atoms with van der Waals surface area (Å²) in [4.78, 5) is 20.8. The zero-order chi connectivity index (χ0) is 17.5. The predicted octanol–water partition coefficient (Wildman–Crippen LogP) is 4.42. The van der Waals surface area contributed by atoms with E-state index in [2.05, 4.69) is 48.9 Å². The molecule has 24 heavy (non-hydrogen) atoms. The zero-order valence-electron chi connectivity index (χ0n) is 15.1. The first-order valence-electron chi connectivity index (χ1n) is 8.62. The highest BCUT2D eigenvalue weighted by molar-refractivity contribution is 5.94. The summed E-state index contributed by atoms with van der Waals surface area (Å²) in [6.07, 6.45) is 3.78. The number of unbranched alkanes of at least 4 members (excludes halogenated alkanes) is 1. The van der Waals surface area contributed by atoms with Crippen molar-refractivity contribution in [1.29, 1.82) is 0 Å². The van der Waals surface area contributed by atoms with E-state index < -0.39 is 0 Å². The van der Waals surface area contributed by atoms with Gasteiger partial charge in [0.15, 0.2) is 0 Å². The molecule has 0 spiro atoms. The number of nitrogens with zero attached hydrogens (tertiary/aromatic N) is 3. The molecule has 0 radical (unpaired) electrons. The zero-order valence-corrected chi connectivity index (χ0v) is 15.1. The summed E-state index contributed by atoms with van der Waals surface area (Å²) >= 11 is 0. The van der Waals surface area contributed by atoms with Crippen molar-refractivity contribution < 1.29 is 4.79 Å². The fraction of sp³-hybridized carbons (Fsp3) is 0.400. The maximum Gasteiger partial charge on any atom is 0.255 e. The first kappa shape index (κ1) is 18.0. The topological polar surface area (TPSA) is 36.4 Å². The molecule has 0 aliphatic rings. The molecule has 2 rings (SSSR count). The van der Waals surface area contributed by atoms with E-state index in [4.69, 9.17) is 0 Å². The first-order valence-corrected chi connectivity index (χ1v) is 8.62. The van der Waals surface area contributed by atoms with Gasteiger partial charge in [0.1, 0.15) is 5.82 Å². The minimum absolute atomic E-state index is 0.0288. The van der Waals surface area contributed by atoms with Gasteiger partial charge in [-0.25, -0.2) is 4.98 Å². The highest BCUT2D eigenvalue weighted by Crippen LogP contribution is 2.24. The number of benzene rings is 1. The highest BCUT2D eigenvalue weighted by atomic mass is 16.2. The molecule has 0 saturated heterocycles. The summed E-state index contributed by atoms with van der Waals surface area (Å²) < 4.78 is 0. The van der Waals surface area contributed by atoms with Crippen molar-refractivity contribution in [2.45, 2.75) is 33.6 Å². The third-order valence-corrected chi connectivity index (χ3v) is 4.09. The van der Waals surface area contributed by atoms with Gasteiger partial charge in [0.2, 0.25) is 0 Å². The minimum Gasteiger partial charge on any atom is -0.342 e. The van der Waals surface area contributed by atoms with E-state index in [0.29, 0.717) is 5.56 Å². The van der Waals surface area contributed by atoms with E-state index in [1.165, 1.54) is 5.56 Å². The molecule has 4 nitrogen and oxygen atoms in total. The van der Waals surface area contributed by atoms with Crippen LogP contribution in [0.5, 0.6) is 0 Å². The van der Waals surface area contributed by atoms with Crippen molar-refractivity contribution >= 4 is 17.4 Å². The number of anilines is 2. The molecular formula is C20H27N3O. The van der Waals surface area contributed by atoms with Gasteiger partial charge in [-0.15, -0.1) is 0 Å². The van der Waals surface area contributed by atoms with E-state index in [0.717, 1.165) is 37.4 Å². The molecule has 0 bridgehead atoms. The minimum atomic E-state index is 0.0288. The summed E-state index contributed by atoms with van der Waals surface area (Å²) in [5, 5.41) is 0. The van der Waals surface area contributed by atoms with E-state index in [1.54, 1.807) is 11.1 Å². The van der Waals surface area contributed by atoms with Crippen LogP contribution >= 0.6 is 0 Å². The smallest absolute Gasteiger partial charge is 0.255 e. The molecule has 1 aromatic carbocycles. The average molecular weight is 325 g/mol. The molecule has 1 amide bonds. The molecule has 1 heterocycles. The van der Waals surface area contributed by atoms with Crippen LogP contribution < -0.4 is 4.90 Å². The van der Waals surface area contributed by atoms with Crippen molar-refractivity contribution in [3.8, 4) is 0 Å². The maximum absolute atomic E-state index is 12.4. The van der Waals surface area contributed by atoms with Gasteiger partial charge in [-0.05, 0) is 50.1 Å². The molecule has 1 aromatic heterocycles. The van der Waals surface area contributed by atoms with Crippen LogP contribution in [0.3, 0.4) is 0 Å². The lowest BCUT2D eigenvalue weighted by molar-refractivity contribution is 0.0793. The normalized spacial score (nSPS) is 10.5. The van der Waals surface area contributed by atoms with Crippen LogP contribution in [0, 0.1) is 6.92 Å². The molecule has 4 heteroatoms. The lowest BCUT2D eigenvalue weighted by atomic mass is 10.2.